The minimum Gasteiger partial charge on any atom is -0.361 e. The highest BCUT2D eigenvalue weighted by molar-refractivity contribution is 5.98. The van der Waals surface area contributed by atoms with Crippen LogP contribution in [0.1, 0.15) is 35.7 Å². The van der Waals surface area contributed by atoms with Crippen molar-refractivity contribution in [1.82, 2.24) is 20.3 Å². The number of nitrogens with one attached hydrogen (secondary N) is 1. The number of imidazole rings is 1. The van der Waals surface area contributed by atoms with Crippen LogP contribution < -0.4 is 10.6 Å². The average Bonchev–Trinajstić information content (AvgIpc) is 3.39. The number of anilines is 1. The molecule has 8 heteroatoms. The van der Waals surface area contributed by atoms with Gasteiger partial charge in [0.2, 0.25) is 5.95 Å². The van der Waals surface area contributed by atoms with E-state index >= 15 is 0 Å². The second kappa shape index (κ2) is 6.98. The first-order valence-corrected chi connectivity index (χ1v) is 10.3. The fourth-order valence-corrected chi connectivity index (χ4v) is 4.46. The maximum Gasteiger partial charge on any atom is 0.203 e. The van der Waals surface area contributed by atoms with Gasteiger partial charge in [-0.25, -0.2) is 4.98 Å². The Balaban J connectivity index is 1.72. The molecule has 4 heterocycles. The lowest BCUT2D eigenvalue weighted by molar-refractivity contribution is 0.393. The third-order valence-electron chi connectivity index (χ3n) is 6.04. The van der Waals surface area contributed by atoms with Crippen LogP contribution in [0.25, 0.3) is 33.3 Å². The van der Waals surface area contributed by atoms with Gasteiger partial charge in [-0.3, -0.25) is 0 Å². The molecule has 3 aromatic heterocycles. The SMILES string of the molecule is Cc1noc(C)c1-c1cc(-c2c(C)noc2C)c2nc(N3CCC(N)CC3)[nH]c2c1. The number of aromatic amines is 1. The minimum absolute atomic E-state index is 0.273. The van der Waals surface area contributed by atoms with Crippen molar-refractivity contribution in [3.8, 4) is 22.3 Å². The summed E-state index contributed by atoms with van der Waals surface area (Å²) in [5.74, 6) is 2.44. The second-order valence-corrected chi connectivity index (χ2v) is 8.20. The summed E-state index contributed by atoms with van der Waals surface area (Å²) < 4.78 is 10.9. The molecule has 0 aliphatic carbocycles. The fraction of sp³-hybridized carbons (Fsp3) is 0.409. The molecule has 0 unspecified atom stereocenters. The van der Waals surface area contributed by atoms with Gasteiger partial charge in [-0.2, -0.15) is 0 Å². The molecule has 0 amide bonds. The molecule has 0 saturated carbocycles. The van der Waals surface area contributed by atoms with Crippen LogP contribution in [0.2, 0.25) is 0 Å². The lowest BCUT2D eigenvalue weighted by Gasteiger charge is -2.29. The van der Waals surface area contributed by atoms with Gasteiger partial charge in [-0.15, -0.1) is 0 Å². The standard InChI is InChI=1S/C22H26N6O2/c1-11-19(13(3)29-26-11)15-9-17(20-12(2)27-30-14(20)4)21-18(10-15)24-22(25-21)28-7-5-16(23)6-8-28/h9-10,16H,5-8,23H2,1-4H3,(H,24,25). The molecule has 1 aliphatic heterocycles. The lowest BCUT2D eigenvalue weighted by atomic mass is 9.96. The highest BCUT2D eigenvalue weighted by Gasteiger charge is 2.23. The zero-order valence-corrected chi connectivity index (χ0v) is 17.7. The van der Waals surface area contributed by atoms with Crippen LogP contribution in [0.3, 0.4) is 0 Å². The third-order valence-corrected chi connectivity index (χ3v) is 6.04. The third kappa shape index (κ3) is 2.99. The van der Waals surface area contributed by atoms with Gasteiger partial charge in [0.15, 0.2) is 0 Å². The van der Waals surface area contributed by atoms with Crippen molar-refractivity contribution in [3.63, 3.8) is 0 Å². The number of nitrogens with two attached hydrogens (primary N) is 1. The van der Waals surface area contributed by atoms with Crippen LogP contribution >= 0.6 is 0 Å². The lowest BCUT2D eigenvalue weighted by Crippen LogP contribution is -2.40. The largest absolute Gasteiger partial charge is 0.361 e. The first-order valence-electron chi connectivity index (χ1n) is 10.3. The average molecular weight is 406 g/mol. The maximum absolute atomic E-state index is 6.08. The smallest absolute Gasteiger partial charge is 0.203 e. The molecule has 1 aliphatic rings. The van der Waals surface area contributed by atoms with Crippen LogP contribution in [0.4, 0.5) is 5.95 Å². The zero-order chi connectivity index (χ0) is 21.0. The Morgan fingerprint density at radius 2 is 1.60 bits per heavy atom. The maximum atomic E-state index is 6.08. The van der Waals surface area contributed by atoms with E-state index in [0.29, 0.717) is 0 Å². The van der Waals surface area contributed by atoms with Crippen LogP contribution in [0, 0.1) is 27.7 Å². The molecule has 1 saturated heterocycles. The van der Waals surface area contributed by atoms with Crippen molar-refractivity contribution in [3.05, 3.63) is 35.0 Å². The molecule has 1 aromatic carbocycles. The van der Waals surface area contributed by atoms with Gasteiger partial charge in [0.25, 0.3) is 0 Å². The molecule has 3 N–H and O–H groups in total. The Hall–Kier alpha value is -3.13. The van der Waals surface area contributed by atoms with Crippen molar-refractivity contribution in [1.29, 1.82) is 0 Å². The Morgan fingerprint density at radius 3 is 2.20 bits per heavy atom. The topological polar surface area (TPSA) is 110 Å². The molecular formula is C22H26N6O2. The van der Waals surface area contributed by atoms with Gasteiger partial charge in [0.1, 0.15) is 11.5 Å². The van der Waals surface area contributed by atoms with Crippen LogP contribution in [0.15, 0.2) is 21.2 Å². The summed E-state index contributed by atoms with van der Waals surface area (Å²) in [5.41, 5.74) is 13.7. The van der Waals surface area contributed by atoms with Gasteiger partial charge < -0.3 is 24.7 Å². The molecule has 0 radical (unpaired) electrons. The van der Waals surface area contributed by atoms with E-state index in [1.54, 1.807) is 0 Å². The minimum atomic E-state index is 0.273. The second-order valence-electron chi connectivity index (χ2n) is 8.20. The summed E-state index contributed by atoms with van der Waals surface area (Å²) in [6.45, 7) is 9.59. The molecule has 1 fully saturated rings. The van der Waals surface area contributed by atoms with E-state index in [2.05, 4.69) is 32.3 Å². The van der Waals surface area contributed by atoms with E-state index < -0.39 is 0 Å². The number of hydrogen-bond acceptors (Lipinski definition) is 7. The van der Waals surface area contributed by atoms with Gasteiger partial charge in [0, 0.05) is 35.8 Å². The summed E-state index contributed by atoms with van der Waals surface area (Å²) in [6.07, 6.45) is 1.94. The first kappa shape index (κ1) is 18.9. The first-order chi connectivity index (χ1) is 14.4. The highest BCUT2D eigenvalue weighted by atomic mass is 16.5. The van der Waals surface area contributed by atoms with Gasteiger partial charge in [0.05, 0.1) is 22.4 Å². The molecule has 0 atom stereocenters. The number of nitrogens with zero attached hydrogens (tertiary/aromatic N) is 4. The van der Waals surface area contributed by atoms with E-state index in [1.165, 1.54) is 0 Å². The Morgan fingerprint density at radius 1 is 0.967 bits per heavy atom. The number of rotatable bonds is 3. The van der Waals surface area contributed by atoms with Gasteiger partial charge >= 0.3 is 0 Å². The van der Waals surface area contributed by atoms with Crippen molar-refractivity contribution >= 4 is 17.0 Å². The summed E-state index contributed by atoms with van der Waals surface area (Å²) in [7, 11) is 0. The predicted octanol–water partition coefficient (Wildman–Crippen LogP) is 4.03. The van der Waals surface area contributed by atoms with E-state index in [9.17, 15) is 0 Å². The molecule has 0 bridgehead atoms. The highest BCUT2D eigenvalue weighted by Crippen LogP contribution is 2.38. The summed E-state index contributed by atoms with van der Waals surface area (Å²) in [6, 6.07) is 4.53. The van der Waals surface area contributed by atoms with Crippen molar-refractivity contribution in [2.75, 3.05) is 18.0 Å². The molecule has 5 rings (SSSR count). The summed E-state index contributed by atoms with van der Waals surface area (Å²) in [5, 5.41) is 8.30. The molecule has 0 spiro atoms. The van der Waals surface area contributed by atoms with Crippen LogP contribution in [0.5, 0.6) is 0 Å². The predicted molar refractivity (Wildman–Crippen MR) is 115 cm³/mol. The normalized spacial score (nSPS) is 15.4. The molecular weight excluding hydrogens is 380 g/mol. The number of hydrogen-bond donors (Lipinski definition) is 2. The number of aromatic nitrogens is 4. The molecule has 8 nitrogen and oxygen atoms in total. The van der Waals surface area contributed by atoms with Gasteiger partial charge in [-0.1, -0.05) is 10.3 Å². The van der Waals surface area contributed by atoms with Crippen LogP contribution in [-0.2, 0) is 0 Å². The number of piperidine rings is 1. The molecule has 4 aromatic rings. The molecule has 30 heavy (non-hydrogen) atoms. The zero-order valence-electron chi connectivity index (χ0n) is 17.7. The van der Waals surface area contributed by atoms with E-state index in [0.717, 1.165) is 88.1 Å². The van der Waals surface area contributed by atoms with E-state index in [4.69, 9.17) is 19.8 Å². The number of fused-ring (bicyclic) bond motifs is 1. The van der Waals surface area contributed by atoms with Crippen LogP contribution in [-0.4, -0.2) is 39.4 Å². The quantitative estimate of drug-likeness (QED) is 0.528. The van der Waals surface area contributed by atoms with Crippen molar-refractivity contribution < 1.29 is 9.05 Å². The van der Waals surface area contributed by atoms with Crippen molar-refractivity contribution in [2.24, 2.45) is 5.73 Å². The number of H-pyrrole nitrogens is 1. The van der Waals surface area contributed by atoms with Crippen molar-refractivity contribution in [2.45, 2.75) is 46.6 Å². The summed E-state index contributed by atoms with van der Waals surface area (Å²) in [4.78, 5) is 10.8. The Bertz CT molecular complexity index is 1190. The number of aryl methyl sites for hydroxylation is 4. The summed E-state index contributed by atoms with van der Waals surface area (Å²) >= 11 is 0. The molecule has 156 valence electrons. The Labute approximate surface area is 174 Å². The number of benzene rings is 1. The Kier molecular flexibility index (Phi) is 4.39. The monoisotopic (exact) mass is 406 g/mol. The van der Waals surface area contributed by atoms with Gasteiger partial charge in [-0.05, 0) is 58.2 Å². The van der Waals surface area contributed by atoms with E-state index in [1.807, 2.05) is 27.7 Å². The van der Waals surface area contributed by atoms with E-state index in [-0.39, 0.29) is 6.04 Å². The fourth-order valence-electron chi connectivity index (χ4n) is 4.46.